The average Bonchev–Trinajstić information content (AvgIpc) is 2.51. The van der Waals surface area contributed by atoms with Crippen molar-refractivity contribution in [1.29, 1.82) is 0 Å². The van der Waals surface area contributed by atoms with Crippen LogP contribution in [0.1, 0.15) is 37.8 Å². The first kappa shape index (κ1) is 16.8. The smallest absolute Gasteiger partial charge is 0.134 e. The number of nitrogens with two attached hydrogens (primary N) is 1. The molecule has 3 nitrogen and oxygen atoms in total. The van der Waals surface area contributed by atoms with Crippen LogP contribution in [-0.4, -0.2) is 11.1 Å². The molecule has 2 aliphatic rings. The lowest BCUT2D eigenvalue weighted by molar-refractivity contribution is 0.436. The number of benzene rings is 1. The van der Waals surface area contributed by atoms with E-state index in [1.54, 1.807) is 0 Å². The molecule has 0 aromatic heterocycles. The number of hydrogen-bond acceptors (Lipinski definition) is 3. The maximum Gasteiger partial charge on any atom is 0.134 e. The monoisotopic (exact) mass is 438 g/mol. The van der Waals surface area contributed by atoms with Crippen molar-refractivity contribution in [2.75, 3.05) is 0 Å². The van der Waals surface area contributed by atoms with Gasteiger partial charge in [0.15, 0.2) is 0 Å². The third-order valence-corrected chi connectivity index (χ3v) is 5.51. The lowest BCUT2D eigenvalue weighted by Crippen LogP contribution is -2.37. The van der Waals surface area contributed by atoms with Gasteiger partial charge in [-0.05, 0) is 65.4 Å². The highest BCUT2D eigenvalue weighted by molar-refractivity contribution is 9.11. The number of allylic oxidation sites excluding steroid dienone is 3. The first-order valence-corrected chi connectivity index (χ1v) is 9.35. The molecule has 0 aliphatic heterocycles. The molecule has 23 heavy (non-hydrogen) atoms. The Kier molecular flexibility index (Phi) is 4.99. The zero-order valence-electron chi connectivity index (χ0n) is 12.9. The standard InChI is InChI=1S/C18H20Br2N2O/c1-10(13-8-12(19)9-14(20)18(13)23)22-16-7-3-5-11-4-2-6-15(21)17(11)16/h3,5-6,8-10,16,22-23H,2,4,7,21H2,1H3. The molecule has 1 aromatic rings. The zero-order valence-corrected chi connectivity index (χ0v) is 16.1. The minimum absolute atomic E-state index is 0.00350. The molecule has 2 atom stereocenters. The van der Waals surface area contributed by atoms with Crippen molar-refractivity contribution in [3.05, 3.63) is 61.7 Å². The largest absolute Gasteiger partial charge is 0.506 e. The SMILES string of the molecule is CC(NC1CC=CC2=C1C(N)=CCC2)c1cc(Br)cc(Br)c1O. The van der Waals surface area contributed by atoms with Gasteiger partial charge in [-0.25, -0.2) is 0 Å². The number of rotatable bonds is 3. The molecule has 0 bridgehead atoms. The van der Waals surface area contributed by atoms with Crippen molar-refractivity contribution in [2.45, 2.75) is 38.3 Å². The summed E-state index contributed by atoms with van der Waals surface area (Å²) >= 11 is 6.89. The van der Waals surface area contributed by atoms with Crippen LogP contribution >= 0.6 is 31.9 Å². The van der Waals surface area contributed by atoms with Gasteiger partial charge in [0.2, 0.25) is 0 Å². The molecule has 3 rings (SSSR count). The van der Waals surface area contributed by atoms with Crippen LogP contribution in [0.3, 0.4) is 0 Å². The highest BCUT2D eigenvalue weighted by Crippen LogP contribution is 2.37. The van der Waals surface area contributed by atoms with Gasteiger partial charge in [-0.2, -0.15) is 0 Å². The van der Waals surface area contributed by atoms with E-state index in [4.69, 9.17) is 5.73 Å². The van der Waals surface area contributed by atoms with Crippen LogP contribution in [0.2, 0.25) is 0 Å². The van der Waals surface area contributed by atoms with E-state index < -0.39 is 0 Å². The van der Waals surface area contributed by atoms with E-state index in [0.29, 0.717) is 4.47 Å². The van der Waals surface area contributed by atoms with Crippen molar-refractivity contribution >= 4 is 31.9 Å². The topological polar surface area (TPSA) is 58.3 Å². The second kappa shape index (κ2) is 6.83. The molecule has 1 aromatic carbocycles. The van der Waals surface area contributed by atoms with Crippen molar-refractivity contribution in [3.63, 3.8) is 0 Å². The van der Waals surface area contributed by atoms with Gasteiger partial charge in [0.25, 0.3) is 0 Å². The maximum atomic E-state index is 10.3. The van der Waals surface area contributed by atoms with Gasteiger partial charge in [-0.3, -0.25) is 0 Å². The van der Waals surface area contributed by atoms with Crippen LogP contribution < -0.4 is 11.1 Å². The van der Waals surface area contributed by atoms with Gasteiger partial charge in [0.05, 0.1) is 4.47 Å². The van der Waals surface area contributed by atoms with Gasteiger partial charge in [-0.1, -0.05) is 34.2 Å². The molecule has 0 saturated heterocycles. The van der Waals surface area contributed by atoms with Crippen molar-refractivity contribution in [3.8, 4) is 5.75 Å². The van der Waals surface area contributed by atoms with Gasteiger partial charge in [-0.15, -0.1) is 0 Å². The first-order valence-electron chi connectivity index (χ1n) is 7.77. The molecular formula is C18H20Br2N2O. The summed E-state index contributed by atoms with van der Waals surface area (Å²) < 4.78 is 1.63. The summed E-state index contributed by atoms with van der Waals surface area (Å²) in [5.41, 5.74) is 10.5. The Morgan fingerprint density at radius 1 is 1.35 bits per heavy atom. The van der Waals surface area contributed by atoms with Gasteiger partial charge in [0, 0.05) is 27.8 Å². The summed E-state index contributed by atoms with van der Waals surface area (Å²) in [7, 11) is 0. The molecule has 2 aliphatic carbocycles. The third-order valence-electron chi connectivity index (χ3n) is 4.45. The van der Waals surface area contributed by atoms with E-state index in [1.807, 2.05) is 12.1 Å². The van der Waals surface area contributed by atoms with Crippen LogP contribution in [0.4, 0.5) is 0 Å². The number of phenolic OH excluding ortho intramolecular Hbond substituents is 1. The second-order valence-electron chi connectivity index (χ2n) is 6.04. The summed E-state index contributed by atoms with van der Waals surface area (Å²) in [5, 5.41) is 14.0. The van der Waals surface area contributed by atoms with Crippen LogP contribution in [0.15, 0.2) is 56.1 Å². The summed E-state index contributed by atoms with van der Waals surface area (Å²) in [6, 6.07) is 3.98. The molecule has 5 heteroatoms. The molecule has 0 radical (unpaired) electrons. The summed E-state index contributed by atoms with van der Waals surface area (Å²) in [6.45, 7) is 2.06. The number of nitrogens with one attached hydrogen (secondary N) is 1. The minimum atomic E-state index is 0.00350. The lowest BCUT2D eigenvalue weighted by Gasteiger charge is -2.31. The molecular weight excluding hydrogens is 420 g/mol. The second-order valence-corrected chi connectivity index (χ2v) is 7.81. The zero-order chi connectivity index (χ0) is 16.6. The van der Waals surface area contributed by atoms with Gasteiger partial charge >= 0.3 is 0 Å². The summed E-state index contributed by atoms with van der Waals surface area (Å²) in [4.78, 5) is 0. The highest BCUT2D eigenvalue weighted by atomic mass is 79.9. The van der Waals surface area contributed by atoms with Crippen LogP contribution in [0, 0.1) is 0 Å². The Balaban J connectivity index is 1.86. The lowest BCUT2D eigenvalue weighted by atomic mass is 9.84. The fourth-order valence-electron chi connectivity index (χ4n) is 3.33. The Morgan fingerprint density at radius 2 is 2.13 bits per heavy atom. The summed E-state index contributed by atoms with van der Waals surface area (Å²) in [5.74, 6) is 0.279. The number of phenols is 1. The van der Waals surface area contributed by atoms with Crippen molar-refractivity contribution < 1.29 is 5.11 Å². The highest BCUT2D eigenvalue weighted by Gasteiger charge is 2.26. The van der Waals surface area contributed by atoms with Crippen molar-refractivity contribution in [2.24, 2.45) is 5.73 Å². The normalized spacial score (nSPS) is 21.9. The predicted octanol–water partition coefficient (Wildman–Crippen LogP) is 4.83. The molecule has 4 N–H and O–H groups in total. The Bertz CT molecular complexity index is 722. The predicted molar refractivity (Wildman–Crippen MR) is 101 cm³/mol. The average molecular weight is 440 g/mol. The minimum Gasteiger partial charge on any atom is -0.506 e. The quantitative estimate of drug-likeness (QED) is 0.632. The number of halogens is 2. The van der Waals surface area contributed by atoms with E-state index in [1.165, 1.54) is 11.1 Å². The fourth-order valence-corrected chi connectivity index (χ4v) is 4.59. The van der Waals surface area contributed by atoms with E-state index >= 15 is 0 Å². The molecule has 2 unspecified atom stereocenters. The Labute approximate surface area is 153 Å². The van der Waals surface area contributed by atoms with E-state index in [-0.39, 0.29) is 17.8 Å². The van der Waals surface area contributed by atoms with E-state index in [9.17, 15) is 5.11 Å². The van der Waals surface area contributed by atoms with Crippen LogP contribution in [0.5, 0.6) is 5.75 Å². The Hall–Kier alpha value is -1.04. The molecule has 0 amide bonds. The summed E-state index contributed by atoms with van der Waals surface area (Å²) in [6.07, 6.45) is 9.49. The fraction of sp³-hybridized carbons (Fsp3) is 0.333. The van der Waals surface area contributed by atoms with Crippen molar-refractivity contribution in [1.82, 2.24) is 5.32 Å². The maximum absolute atomic E-state index is 10.3. The van der Waals surface area contributed by atoms with E-state index in [0.717, 1.165) is 35.0 Å². The van der Waals surface area contributed by atoms with Crippen LogP contribution in [-0.2, 0) is 0 Å². The van der Waals surface area contributed by atoms with Gasteiger partial charge < -0.3 is 16.2 Å². The molecule has 0 spiro atoms. The van der Waals surface area contributed by atoms with Crippen LogP contribution in [0.25, 0.3) is 0 Å². The van der Waals surface area contributed by atoms with E-state index in [2.05, 4.69) is 62.3 Å². The van der Waals surface area contributed by atoms with Gasteiger partial charge in [0.1, 0.15) is 5.75 Å². The molecule has 0 heterocycles. The molecule has 0 saturated carbocycles. The molecule has 0 fully saturated rings. The third kappa shape index (κ3) is 3.42. The number of hydrogen-bond donors (Lipinski definition) is 3. The first-order chi connectivity index (χ1) is 11.0. The number of aromatic hydroxyl groups is 1. The molecule has 122 valence electrons. The Morgan fingerprint density at radius 3 is 2.91 bits per heavy atom.